The van der Waals surface area contributed by atoms with E-state index in [4.69, 9.17) is 0 Å². The van der Waals surface area contributed by atoms with E-state index in [1.807, 2.05) is 0 Å². The smallest absolute Gasteiger partial charge is 0.0861 e. The van der Waals surface area contributed by atoms with Crippen LogP contribution in [-0.4, -0.2) is 12.1 Å². The monoisotopic (exact) mass is 99.1 g/mol. The molecule has 0 atom stereocenters. The summed E-state index contributed by atoms with van der Waals surface area (Å²) in [6.45, 7) is 4.92. The normalized spacial score (nSPS) is 24.9. The van der Waals surface area contributed by atoms with Crippen molar-refractivity contribution < 1.29 is 0 Å². The Kier molecular flexibility index (Phi) is 0.770. The minimum absolute atomic E-state index is 0.111. The van der Waals surface area contributed by atoms with Crippen LogP contribution in [0.3, 0.4) is 0 Å². The maximum atomic E-state index is 3.75. The fourth-order valence-electron chi connectivity index (χ4n) is 0.418. The molecule has 0 amide bonds. The van der Waals surface area contributed by atoms with Gasteiger partial charge in [-0.25, -0.2) is 0 Å². The third kappa shape index (κ3) is 0.885. The Hall–Kier alpha value is -0.600. The number of nitrogens with one attached hydrogen (secondary N) is 1. The van der Waals surface area contributed by atoms with Crippen LogP contribution in [0.15, 0.2) is 10.3 Å². The number of hydrogen-bond donors (Lipinski definition) is 1. The third-order valence-electron chi connectivity index (χ3n) is 0.889. The summed E-state index contributed by atoms with van der Waals surface area (Å²) in [4.78, 5) is 0. The zero-order chi connectivity index (χ0) is 5.33. The van der Waals surface area contributed by atoms with Gasteiger partial charge in [0.25, 0.3) is 0 Å². The molecule has 0 aromatic rings. The molecule has 0 spiro atoms. The summed E-state index contributed by atoms with van der Waals surface area (Å²) >= 11 is 0. The Morgan fingerprint density at radius 3 is 2.43 bits per heavy atom. The van der Waals surface area contributed by atoms with Crippen molar-refractivity contribution in [2.24, 2.45) is 10.3 Å². The van der Waals surface area contributed by atoms with Crippen LogP contribution in [0.5, 0.6) is 0 Å². The summed E-state index contributed by atoms with van der Waals surface area (Å²) in [5.74, 6) is 0. The zero-order valence-electron chi connectivity index (χ0n) is 4.60. The van der Waals surface area contributed by atoms with Crippen molar-refractivity contribution in [1.29, 1.82) is 0 Å². The molecule has 0 radical (unpaired) electrons. The molecule has 0 bridgehead atoms. The van der Waals surface area contributed by atoms with Crippen LogP contribution in [-0.2, 0) is 0 Å². The molecule has 0 aliphatic carbocycles. The van der Waals surface area contributed by atoms with Crippen molar-refractivity contribution >= 4 is 0 Å². The standard InChI is InChI=1S/C4H9N3/c1-4(2)3-5-7-6-4/h3H2,1-2H3,(H,5,6). The quantitative estimate of drug-likeness (QED) is 0.477. The van der Waals surface area contributed by atoms with Gasteiger partial charge in [-0.1, -0.05) is 5.22 Å². The average Bonchev–Trinajstić information content (AvgIpc) is 1.84. The molecular weight excluding hydrogens is 90.1 g/mol. The van der Waals surface area contributed by atoms with Crippen molar-refractivity contribution in [2.75, 3.05) is 6.54 Å². The van der Waals surface area contributed by atoms with Gasteiger partial charge in [0, 0.05) is 0 Å². The summed E-state index contributed by atoms with van der Waals surface area (Å²) in [6.07, 6.45) is 0. The van der Waals surface area contributed by atoms with Gasteiger partial charge in [0.05, 0.1) is 12.1 Å². The van der Waals surface area contributed by atoms with Gasteiger partial charge in [-0.05, 0) is 13.8 Å². The third-order valence-corrected chi connectivity index (χ3v) is 0.889. The van der Waals surface area contributed by atoms with Gasteiger partial charge in [0.2, 0.25) is 0 Å². The van der Waals surface area contributed by atoms with Crippen LogP contribution in [0.25, 0.3) is 0 Å². The van der Waals surface area contributed by atoms with Gasteiger partial charge in [-0.3, -0.25) is 5.43 Å². The Labute approximate surface area is 42.8 Å². The molecular formula is C4H9N3. The molecule has 1 aliphatic rings. The first-order chi connectivity index (χ1) is 3.21. The number of hydrogen-bond acceptors (Lipinski definition) is 3. The van der Waals surface area contributed by atoms with Crippen LogP contribution >= 0.6 is 0 Å². The maximum absolute atomic E-state index is 3.75. The van der Waals surface area contributed by atoms with Crippen molar-refractivity contribution in [3.8, 4) is 0 Å². The van der Waals surface area contributed by atoms with Gasteiger partial charge in [0.15, 0.2) is 0 Å². The average molecular weight is 99.1 g/mol. The number of rotatable bonds is 0. The highest BCUT2D eigenvalue weighted by Crippen LogP contribution is 2.06. The highest BCUT2D eigenvalue weighted by atomic mass is 15.5. The lowest BCUT2D eigenvalue weighted by Crippen LogP contribution is -2.33. The highest BCUT2D eigenvalue weighted by Gasteiger charge is 2.19. The molecule has 1 aliphatic heterocycles. The molecule has 0 unspecified atom stereocenters. The number of nitrogens with zero attached hydrogens (tertiary/aromatic N) is 2. The lowest BCUT2D eigenvalue weighted by Gasteiger charge is -2.12. The van der Waals surface area contributed by atoms with Crippen molar-refractivity contribution in [3.05, 3.63) is 0 Å². The minimum atomic E-state index is 0.111. The predicted molar refractivity (Wildman–Crippen MR) is 26.9 cm³/mol. The molecule has 1 heterocycles. The molecule has 1 N–H and O–H groups in total. The molecule has 1 rings (SSSR count). The van der Waals surface area contributed by atoms with Crippen LogP contribution in [0.1, 0.15) is 13.8 Å². The molecule has 7 heavy (non-hydrogen) atoms. The van der Waals surface area contributed by atoms with E-state index in [0.717, 1.165) is 6.54 Å². The van der Waals surface area contributed by atoms with E-state index in [-0.39, 0.29) is 5.54 Å². The van der Waals surface area contributed by atoms with Gasteiger partial charge in [-0.15, -0.1) is 0 Å². The first kappa shape index (κ1) is 4.56. The second kappa shape index (κ2) is 1.18. The zero-order valence-corrected chi connectivity index (χ0v) is 4.60. The fourth-order valence-corrected chi connectivity index (χ4v) is 0.418. The van der Waals surface area contributed by atoms with Crippen molar-refractivity contribution in [2.45, 2.75) is 19.4 Å². The lowest BCUT2D eigenvalue weighted by atomic mass is 10.1. The molecule has 40 valence electrons. The van der Waals surface area contributed by atoms with E-state index in [0.29, 0.717) is 0 Å². The van der Waals surface area contributed by atoms with E-state index >= 15 is 0 Å². The topological polar surface area (TPSA) is 36.8 Å². The molecule has 0 aromatic carbocycles. The largest absolute Gasteiger partial charge is 0.284 e. The second-order valence-corrected chi connectivity index (χ2v) is 2.40. The van der Waals surface area contributed by atoms with Crippen molar-refractivity contribution in [3.63, 3.8) is 0 Å². The summed E-state index contributed by atoms with van der Waals surface area (Å²) in [6, 6.07) is 0. The van der Waals surface area contributed by atoms with E-state index in [1.165, 1.54) is 0 Å². The maximum Gasteiger partial charge on any atom is 0.0861 e. The highest BCUT2D eigenvalue weighted by molar-refractivity contribution is 4.80. The summed E-state index contributed by atoms with van der Waals surface area (Å²) < 4.78 is 0. The van der Waals surface area contributed by atoms with E-state index in [9.17, 15) is 0 Å². The van der Waals surface area contributed by atoms with Gasteiger partial charge in [0.1, 0.15) is 0 Å². The second-order valence-electron chi connectivity index (χ2n) is 2.40. The molecule has 0 saturated heterocycles. The van der Waals surface area contributed by atoms with E-state index in [2.05, 4.69) is 29.6 Å². The van der Waals surface area contributed by atoms with Crippen LogP contribution in [0, 0.1) is 0 Å². The van der Waals surface area contributed by atoms with Gasteiger partial charge in [-0.2, -0.15) is 5.11 Å². The summed E-state index contributed by atoms with van der Waals surface area (Å²) in [7, 11) is 0. The Morgan fingerprint density at radius 1 is 1.57 bits per heavy atom. The fraction of sp³-hybridized carbons (Fsp3) is 1.00. The minimum Gasteiger partial charge on any atom is -0.284 e. The Balaban J connectivity index is 2.49. The molecule has 0 fully saturated rings. The van der Waals surface area contributed by atoms with Gasteiger partial charge >= 0.3 is 0 Å². The van der Waals surface area contributed by atoms with Crippen LogP contribution < -0.4 is 5.43 Å². The predicted octanol–water partition coefficient (Wildman–Crippen LogP) is 0.735. The SMILES string of the molecule is CC1(C)CN=NN1. The van der Waals surface area contributed by atoms with Crippen LogP contribution in [0.2, 0.25) is 0 Å². The Bertz CT molecular complexity index is 85.1. The summed E-state index contributed by atoms with van der Waals surface area (Å²) in [5.41, 5.74) is 2.97. The van der Waals surface area contributed by atoms with Crippen molar-refractivity contribution in [1.82, 2.24) is 5.43 Å². The molecule has 0 aromatic heterocycles. The lowest BCUT2D eigenvalue weighted by molar-refractivity contribution is 0.465. The van der Waals surface area contributed by atoms with Gasteiger partial charge < -0.3 is 0 Å². The molecule has 3 nitrogen and oxygen atoms in total. The summed E-state index contributed by atoms with van der Waals surface area (Å²) in [5, 5.41) is 7.36. The Morgan fingerprint density at radius 2 is 2.29 bits per heavy atom. The first-order valence-corrected chi connectivity index (χ1v) is 2.34. The van der Waals surface area contributed by atoms with E-state index < -0.39 is 0 Å². The first-order valence-electron chi connectivity index (χ1n) is 2.34. The van der Waals surface area contributed by atoms with E-state index in [1.54, 1.807) is 0 Å². The van der Waals surface area contributed by atoms with Crippen LogP contribution in [0.4, 0.5) is 0 Å². The molecule has 0 saturated carbocycles. The molecule has 3 heteroatoms.